The van der Waals surface area contributed by atoms with Crippen LogP contribution in [0.15, 0.2) is 18.3 Å². The number of ether oxygens (including phenoxy) is 1. The van der Waals surface area contributed by atoms with Crippen molar-refractivity contribution in [1.29, 1.82) is 0 Å². The van der Waals surface area contributed by atoms with Gasteiger partial charge in [0.2, 0.25) is 0 Å². The number of rotatable bonds is 3. The second-order valence-corrected chi connectivity index (χ2v) is 3.76. The highest BCUT2D eigenvalue weighted by molar-refractivity contribution is 5.90. The molecule has 1 atom stereocenters. The highest BCUT2D eigenvalue weighted by atomic mass is 16.5. The molecule has 0 aromatic carbocycles. The molecule has 1 unspecified atom stereocenters. The molecule has 1 heterocycles. The molecule has 0 aliphatic rings. The van der Waals surface area contributed by atoms with Crippen molar-refractivity contribution in [3.63, 3.8) is 0 Å². The lowest BCUT2D eigenvalue weighted by Crippen LogP contribution is -2.35. The molecule has 17 heavy (non-hydrogen) atoms. The summed E-state index contributed by atoms with van der Waals surface area (Å²) in [5.74, 6) is -0.929. The van der Waals surface area contributed by atoms with Gasteiger partial charge in [0, 0.05) is 14.1 Å². The molecule has 92 valence electrons. The van der Waals surface area contributed by atoms with E-state index in [2.05, 4.69) is 4.98 Å². The van der Waals surface area contributed by atoms with Crippen LogP contribution in [0.25, 0.3) is 0 Å². The summed E-state index contributed by atoms with van der Waals surface area (Å²) in [7, 11) is 3.18. The smallest absolute Gasteiger partial charge is 0.357 e. The Kier molecular flexibility index (Phi) is 4.03. The molecular formula is C11H15N3O3. The lowest BCUT2D eigenvalue weighted by molar-refractivity contribution is -0.137. The summed E-state index contributed by atoms with van der Waals surface area (Å²) in [4.78, 5) is 28.2. The van der Waals surface area contributed by atoms with E-state index >= 15 is 0 Å². The van der Waals surface area contributed by atoms with Crippen LogP contribution < -0.4 is 5.73 Å². The van der Waals surface area contributed by atoms with E-state index in [0.29, 0.717) is 5.69 Å². The number of nitrogen functional groups attached to an aromatic ring is 1. The Labute approximate surface area is 99.4 Å². The van der Waals surface area contributed by atoms with Crippen molar-refractivity contribution >= 4 is 17.6 Å². The topological polar surface area (TPSA) is 85.5 Å². The minimum Gasteiger partial charge on any atom is -0.448 e. The number of nitrogens with zero attached hydrogens (tertiary/aromatic N) is 2. The molecule has 2 N–H and O–H groups in total. The molecule has 1 rings (SSSR count). The predicted octanol–water partition coefficient (Wildman–Crippen LogP) is 0.297. The van der Waals surface area contributed by atoms with Gasteiger partial charge in [-0.05, 0) is 19.1 Å². The molecule has 0 bridgehead atoms. The lowest BCUT2D eigenvalue weighted by Gasteiger charge is -2.16. The van der Waals surface area contributed by atoms with Gasteiger partial charge in [-0.25, -0.2) is 9.78 Å². The first kappa shape index (κ1) is 13.0. The van der Waals surface area contributed by atoms with Crippen LogP contribution in [0.2, 0.25) is 0 Å². The first-order valence-electron chi connectivity index (χ1n) is 5.05. The molecule has 0 aliphatic carbocycles. The van der Waals surface area contributed by atoms with Crippen molar-refractivity contribution in [2.45, 2.75) is 13.0 Å². The SMILES string of the molecule is CC(OC(=O)c1ccc(N)cn1)C(=O)N(C)C. The molecule has 0 aliphatic heterocycles. The number of hydrogen-bond donors (Lipinski definition) is 1. The summed E-state index contributed by atoms with van der Waals surface area (Å²) in [5.41, 5.74) is 6.02. The number of pyridine rings is 1. The van der Waals surface area contributed by atoms with Gasteiger partial charge < -0.3 is 15.4 Å². The summed E-state index contributed by atoms with van der Waals surface area (Å²) in [6.45, 7) is 1.51. The molecule has 0 fully saturated rings. The maximum Gasteiger partial charge on any atom is 0.357 e. The van der Waals surface area contributed by atoms with Gasteiger partial charge >= 0.3 is 5.97 Å². The van der Waals surface area contributed by atoms with Crippen LogP contribution in [0.1, 0.15) is 17.4 Å². The van der Waals surface area contributed by atoms with Gasteiger partial charge in [-0.1, -0.05) is 0 Å². The molecule has 0 radical (unpaired) electrons. The minimum absolute atomic E-state index is 0.123. The third-order valence-corrected chi connectivity index (χ3v) is 2.07. The number of carbonyl (C=O) groups excluding carboxylic acids is 2. The Morgan fingerprint density at radius 1 is 1.41 bits per heavy atom. The maximum absolute atomic E-state index is 11.6. The van der Waals surface area contributed by atoms with Crippen LogP contribution in [0, 0.1) is 0 Å². The largest absolute Gasteiger partial charge is 0.448 e. The van der Waals surface area contributed by atoms with Crippen LogP contribution >= 0.6 is 0 Å². The standard InChI is InChI=1S/C11H15N3O3/c1-7(10(15)14(2)3)17-11(16)9-5-4-8(12)6-13-9/h4-7H,12H2,1-3H3. The second-order valence-electron chi connectivity index (χ2n) is 3.76. The molecule has 1 amide bonds. The molecule has 1 aromatic rings. The Morgan fingerprint density at radius 2 is 2.06 bits per heavy atom. The van der Waals surface area contributed by atoms with E-state index in [9.17, 15) is 9.59 Å². The number of amides is 1. The summed E-state index contributed by atoms with van der Waals surface area (Å²) in [5, 5.41) is 0. The second kappa shape index (κ2) is 5.29. The van der Waals surface area contributed by atoms with Gasteiger partial charge in [0.15, 0.2) is 6.10 Å². The molecule has 1 aromatic heterocycles. The lowest BCUT2D eigenvalue weighted by atomic mass is 10.3. The van der Waals surface area contributed by atoms with Gasteiger partial charge in [0.25, 0.3) is 5.91 Å². The zero-order valence-corrected chi connectivity index (χ0v) is 10.0. The average Bonchev–Trinajstić information content (AvgIpc) is 2.28. The van der Waals surface area contributed by atoms with Gasteiger partial charge in [-0.15, -0.1) is 0 Å². The van der Waals surface area contributed by atoms with E-state index in [1.165, 1.54) is 24.1 Å². The van der Waals surface area contributed by atoms with Gasteiger partial charge in [-0.2, -0.15) is 0 Å². The van der Waals surface area contributed by atoms with Gasteiger partial charge in [0.1, 0.15) is 5.69 Å². The van der Waals surface area contributed by atoms with Crippen LogP contribution in [-0.2, 0) is 9.53 Å². The monoisotopic (exact) mass is 237 g/mol. The Bertz CT molecular complexity index is 414. The number of aromatic nitrogens is 1. The predicted molar refractivity (Wildman–Crippen MR) is 62.2 cm³/mol. The Hall–Kier alpha value is -2.11. The molecule has 6 heteroatoms. The summed E-state index contributed by atoms with van der Waals surface area (Å²) in [6.07, 6.45) is 0.520. The molecule has 0 saturated carbocycles. The summed E-state index contributed by atoms with van der Waals surface area (Å²) >= 11 is 0. The number of anilines is 1. The fourth-order valence-corrected chi connectivity index (χ4v) is 1.16. The van der Waals surface area contributed by atoms with Crippen molar-refractivity contribution < 1.29 is 14.3 Å². The first-order chi connectivity index (χ1) is 7.91. The highest BCUT2D eigenvalue weighted by Gasteiger charge is 2.20. The average molecular weight is 237 g/mol. The molecular weight excluding hydrogens is 222 g/mol. The third-order valence-electron chi connectivity index (χ3n) is 2.07. The van der Waals surface area contributed by atoms with Crippen LogP contribution in [0.4, 0.5) is 5.69 Å². The number of nitrogens with two attached hydrogens (primary N) is 1. The normalized spacial score (nSPS) is 11.7. The van der Waals surface area contributed by atoms with Gasteiger partial charge in [0.05, 0.1) is 11.9 Å². The zero-order chi connectivity index (χ0) is 13.0. The molecule has 0 saturated heterocycles. The molecule has 6 nitrogen and oxygen atoms in total. The number of esters is 1. The summed E-state index contributed by atoms with van der Waals surface area (Å²) in [6, 6.07) is 2.99. The summed E-state index contributed by atoms with van der Waals surface area (Å²) < 4.78 is 4.97. The van der Waals surface area contributed by atoms with E-state index in [1.807, 2.05) is 0 Å². The zero-order valence-electron chi connectivity index (χ0n) is 10.0. The van der Waals surface area contributed by atoms with Crippen molar-refractivity contribution in [3.05, 3.63) is 24.0 Å². The Morgan fingerprint density at radius 3 is 2.53 bits per heavy atom. The van der Waals surface area contributed by atoms with E-state index in [-0.39, 0.29) is 11.6 Å². The fourth-order valence-electron chi connectivity index (χ4n) is 1.16. The van der Waals surface area contributed by atoms with Crippen LogP contribution in [-0.4, -0.2) is 42.0 Å². The quantitative estimate of drug-likeness (QED) is 0.764. The van der Waals surface area contributed by atoms with Crippen molar-refractivity contribution in [2.24, 2.45) is 0 Å². The van der Waals surface area contributed by atoms with Crippen molar-refractivity contribution in [2.75, 3.05) is 19.8 Å². The van der Waals surface area contributed by atoms with Crippen molar-refractivity contribution in [1.82, 2.24) is 9.88 Å². The number of hydrogen-bond acceptors (Lipinski definition) is 5. The van der Waals surface area contributed by atoms with Gasteiger partial charge in [-0.3, -0.25) is 4.79 Å². The number of likely N-dealkylation sites (N-methyl/N-ethyl adjacent to an activating group) is 1. The first-order valence-corrected chi connectivity index (χ1v) is 5.05. The minimum atomic E-state index is -0.836. The van der Waals surface area contributed by atoms with E-state index in [4.69, 9.17) is 10.5 Å². The van der Waals surface area contributed by atoms with Crippen LogP contribution in [0.5, 0.6) is 0 Å². The third kappa shape index (κ3) is 3.44. The van der Waals surface area contributed by atoms with E-state index in [1.54, 1.807) is 20.2 Å². The molecule has 0 spiro atoms. The maximum atomic E-state index is 11.6. The highest BCUT2D eigenvalue weighted by Crippen LogP contribution is 2.05. The van der Waals surface area contributed by atoms with E-state index in [0.717, 1.165) is 0 Å². The fraction of sp³-hybridized carbons (Fsp3) is 0.364. The number of carbonyl (C=O) groups is 2. The van der Waals surface area contributed by atoms with Crippen molar-refractivity contribution in [3.8, 4) is 0 Å². The Balaban J connectivity index is 2.66. The van der Waals surface area contributed by atoms with Crippen LogP contribution in [0.3, 0.4) is 0 Å². The van der Waals surface area contributed by atoms with E-state index < -0.39 is 12.1 Å².